The van der Waals surface area contributed by atoms with Crippen LogP contribution in [0.4, 0.5) is 0 Å². The van der Waals surface area contributed by atoms with Gasteiger partial charge in [0.1, 0.15) is 4.90 Å². The Hall–Kier alpha value is -1.99. The van der Waals surface area contributed by atoms with Crippen LogP contribution in [0.2, 0.25) is 0 Å². The third kappa shape index (κ3) is 1.97. The van der Waals surface area contributed by atoms with Crippen LogP contribution in [0.5, 0.6) is 0 Å². The Labute approximate surface area is 96.3 Å². The average Bonchev–Trinajstić information content (AvgIpc) is 2.26. The Morgan fingerprint density at radius 2 is 1.94 bits per heavy atom. The summed E-state index contributed by atoms with van der Waals surface area (Å²) in [7, 11) is -4.43. The second kappa shape index (κ2) is 3.79. The number of fused-ring (bicyclic) bond motifs is 1. The van der Waals surface area contributed by atoms with Crippen molar-refractivity contribution in [3.8, 4) is 0 Å². The number of carboxylic acid groups (broad SMARTS) is 1. The number of hydrogen-bond donors (Lipinski definition) is 2. The van der Waals surface area contributed by atoms with Gasteiger partial charge < -0.3 is 5.11 Å². The predicted molar refractivity (Wildman–Crippen MR) is 58.5 cm³/mol. The van der Waals surface area contributed by atoms with E-state index in [0.29, 0.717) is 0 Å². The fraction of sp³-hybridized carbons (Fsp3) is 0. The van der Waals surface area contributed by atoms with E-state index in [-0.39, 0.29) is 16.5 Å². The molecule has 2 aromatic rings. The number of hydrogen-bond acceptors (Lipinski definition) is 4. The van der Waals surface area contributed by atoms with Gasteiger partial charge in [-0.2, -0.15) is 8.42 Å². The molecule has 0 aliphatic carbocycles. The zero-order valence-corrected chi connectivity index (χ0v) is 9.18. The molecule has 0 bridgehead atoms. The van der Waals surface area contributed by atoms with Crippen LogP contribution in [0.3, 0.4) is 0 Å². The highest BCUT2D eigenvalue weighted by Crippen LogP contribution is 2.23. The van der Waals surface area contributed by atoms with Crippen molar-refractivity contribution in [2.75, 3.05) is 0 Å². The van der Waals surface area contributed by atoms with Crippen LogP contribution in [0.25, 0.3) is 10.9 Å². The molecule has 0 saturated carbocycles. The third-order valence-electron chi connectivity index (χ3n) is 2.24. The number of aromatic nitrogens is 1. The first kappa shape index (κ1) is 11.5. The first-order valence-corrected chi connectivity index (χ1v) is 5.94. The van der Waals surface area contributed by atoms with Gasteiger partial charge in [0.25, 0.3) is 10.1 Å². The minimum Gasteiger partial charge on any atom is -0.478 e. The zero-order chi connectivity index (χ0) is 12.6. The molecule has 2 rings (SSSR count). The largest absolute Gasteiger partial charge is 0.478 e. The van der Waals surface area contributed by atoms with Crippen LogP contribution in [0, 0.1) is 0 Å². The third-order valence-corrected chi connectivity index (χ3v) is 3.13. The standard InChI is InChI=1S/C10H7NO5S/c12-10(13)7-4-5-11-9-6(7)2-1-3-8(9)17(14,15)16/h1-5H,(H,12,13)(H,14,15,16). The van der Waals surface area contributed by atoms with Crippen molar-refractivity contribution in [2.24, 2.45) is 0 Å². The number of para-hydroxylation sites is 1. The Kier molecular flexibility index (Phi) is 2.56. The van der Waals surface area contributed by atoms with E-state index >= 15 is 0 Å². The van der Waals surface area contributed by atoms with E-state index in [1.807, 2.05) is 0 Å². The fourth-order valence-electron chi connectivity index (χ4n) is 1.54. The molecule has 0 saturated heterocycles. The minimum absolute atomic E-state index is 0.0603. The Balaban J connectivity index is 2.94. The molecule has 88 valence electrons. The van der Waals surface area contributed by atoms with Gasteiger partial charge in [0.15, 0.2) is 0 Å². The van der Waals surface area contributed by atoms with Gasteiger partial charge in [-0.1, -0.05) is 12.1 Å². The van der Waals surface area contributed by atoms with Gasteiger partial charge in [0.2, 0.25) is 0 Å². The molecule has 0 fully saturated rings. The van der Waals surface area contributed by atoms with Crippen LogP contribution in [0.1, 0.15) is 10.4 Å². The van der Waals surface area contributed by atoms with Gasteiger partial charge in [0, 0.05) is 11.6 Å². The number of aromatic carboxylic acids is 1. The highest BCUT2D eigenvalue weighted by atomic mass is 32.2. The van der Waals surface area contributed by atoms with Crippen molar-refractivity contribution in [2.45, 2.75) is 4.90 Å². The van der Waals surface area contributed by atoms with Crippen molar-refractivity contribution in [1.29, 1.82) is 0 Å². The van der Waals surface area contributed by atoms with E-state index in [4.69, 9.17) is 9.66 Å². The molecule has 0 radical (unpaired) electrons. The maximum Gasteiger partial charge on any atom is 0.336 e. The summed E-state index contributed by atoms with van der Waals surface area (Å²) < 4.78 is 31.2. The number of carboxylic acids is 1. The van der Waals surface area contributed by atoms with Crippen LogP contribution < -0.4 is 0 Å². The molecular formula is C10H7NO5S. The molecule has 6 nitrogen and oxygen atoms in total. The van der Waals surface area contributed by atoms with Crippen molar-refractivity contribution >= 4 is 27.0 Å². The summed E-state index contributed by atoms with van der Waals surface area (Å²) in [5.41, 5.74) is -0.129. The topological polar surface area (TPSA) is 105 Å². The van der Waals surface area contributed by atoms with Crippen LogP contribution in [0.15, 0.2) is 35.4 Å². The molecule has 0 amide bonds. The van der Waals surface area contributed by atoms with Crippen molar-refractivity contribution in [3.05, 3.63) is 36.0 Å². The predicted octanol–water partition coefficient (Wildman–Crippen LogP) is 1.18. The molecule has 0 atom stereocenters. The number of rotatable bonds is 2. The molecule has 7 heteroatoms. The molecule has 2 N–H and O–H groups in total. The van der Waals surface area contributed by atoms with Gasteiger partial charge in [0.05, 0.1) is 11.1 Å². The molecule has 0 aliphatic heterocycles. The molecule has 0 aliphatic rings. The van der Waals surface area contributed by atoms with Crippen LogP contribution in [-0.2, 0) is 10.1 Å². The zero-order valence-electron chi connectivity index (χ0n) is 8.36. The molecular weight excluding hydrogens is 246 g/mol. The highest BCUT2D eigenvalue weighted by Gasteiger charge is 2.17. The number of carbonyl (C=O) groups is 1. The normalized spacial score (nSPS) is 11.6. The number of pyridine rings is 1. The Morgan fingerprint density at radius 3 is 2.53 bits per heavy atom. The molecule has 0 spiro atoms. The van der Waals surface area contributed by atoms with Crippen molar-refractivity contribution in [1.82, 2.24) is 4.98 Å². The Bertz CT molecular complexity index is 708. The summed E-state index contributed by atoms with van der Waals surface area (Å²) >= 11 is 0. The second-order valence-electron chi connectivity index (χ2n) is 3.29. The first-order chi connectivity index (χ1) is 7.91. The van der Waals surface area contributed by atoms with Gasteiger partial charge in [-0.3, -0.25) is 9.54 Å². The maximum atomic E-state index is 11.1. The van der Waals surface area contributed by atoms with Crippen molar-refractivity contribution < 1.29 is 22.9 Å². The fourth-order valence-corrected chi connectivity index (χ4v) is 2.20. The Morgan fingerprint density at radius 1 is 1.24 bits per heavy atom. The lowest BCUT2D eigenvalue weighted by Gasteiger charge is -2.04. The lowest BCUT2D eigenvalue weighted by Crippen LogP contribution is -2.03. The number of nitrogens with zero attached hydrogens (tertiary/aromatic N) is 1. The second-order valence-corrected chi connectivity index (χ2v) is 4.68. The van der Waals surface area contributed by atoms with Crippen LogP contribution in [-0.4, -0.2) is 29.0 Å². The van der Waals surface area contributed by atoms with E-state index < -0.39 is 21.0 Å². The highest BCUT2D eigenvalue weighted by molar-refractivity contribution is 7.86. The molecule has 17 heavy (non-hydrogen) atoms. The van der Waals surface area contributed by atoms with Crippen molar-refractivity contribution in [3.63, 3.8) is 0 Å². The van der Waals surface area contributed by atoms with Gasteiger partial charge in [-0.25, -0.2) is 4.79 Å². The van der Waals surface area contributed by atoms with Gasteiger partial charge >= 0.3 is 5.97 Å². The summed E-state index contributed by atoms with van der Waals surface area (Å²) in [6.45, 7) is 0. The summed E-state index contributed by atoms with van der Waals surface area (Å²) in [6, 6.07) is 5.20. The summed E-state index contributed by atoms with van der Waals surface area (Å²) in [5.74, 6) is -1.19. The van der Waals surface area contributed by atoms with E-state index in [2.05, 4.69) is 4.98 Å². The monoisotopic (exact) mass is 253 g/mol. The SMILES string of the molecule is O=C(O)c1ccnc2c(S(=O)(=O)O)cccc12. The van der Waals surface area contributed by atoms with E-state index in [0.717, 1.165) is 6.07 Å². The maximum absolute atomic E-state index is 11.1. The quantitative estimate of drug-likeness (QED) is 0.778. The van der Waals surface area contributed by atoms with E-state index in [9.17, 15) is 13.2 Å². The first-order valence-electron chi connectivity index (χ1n) is 4.50. The van der Waals surface area contributed by atoms with E-state index in [1.54, 1.807) is 0 Å². The lowest BCUT2D eigenvalue weighted by molar-refractivity contribution is 0.0699. The smallest absolute Gasteiger partial charge is 0.336 e. The number of benzene rings is 1. The molecule has 1 aromatic heterocycles. The molecule has 1 heterocycles. The minimum atomic E-state index is -4.43. The van der Waals surface area contributed by atoms with Gasteiger partial charge in [-0.15, -0.1) is 0 Å². The lowest BCUT2D eigenvalue weighted by atomic mass is 10.1. The van der Waals surface area contributed by atoms with Gasteiger partial charge in [-0.05, 0) is 12.1 Å². The van der Waals surface area contributed by atoms with E-state index in [1.165, 1.54) is 24.4 Å². The summed E-state index contributed by atoms with van der Waals surface area (Å²) in [4.78, 5) is 14.3. The summed E-state index contributed by atoms with van der Waals surface area (Å²) in [5, 5.41) is 9.10. The average molecular weight is 253 g/mol. The van der Waals surface area contributed by atoms with Crippen LogP contribution >= 0.6 is 0 Å². The molecule has 0 unspecified atom stereocenters. The molecule has 1 aromatic carbocycles. The summed E-state index contributed by atoms with van der Waals surface area (Å²) in [6.07, 6.45) is 1.18.